The minimum atomic E-state index is -0.532. The lowest BCUT2D eigenvalue weighted by atomic mass is 9.77. The van der Waals surface area contributed by atoms with Gasteiger partial charge in [0, 0.05) is 35.4 Å². The van der Waals surface area contributed by atoms with Gasteiger partial charge in [0.05, 0.1) is 44.7 Å². The molecule has 330 valence electrons. The van der Waals surface area contributed by atoms with E-state index in [1.165, 1.54) is 14.2 Å². The molecule has 3 fully saturated rings. The second-order valence-corrected chi connectivity index (χ2v) is 19.1. The number of epoxide rings is 1. The standard InChI is InChI=1S/C23H39ClO5.C23H39ClO4/c1-5-6-13-23(2,3)22(27)21-20(29-21)19-15(16(24)14-17(19)25)11-9-7-8-10-12-18(26)28-4;1-5-6-15-23(2,3)21(26)14-13-18-17(19(24)16-20(18)25)11-9-7-8-10-12-22(27)28-4/h7,9,15-17,19-22,25,27H,5-6,8,10-14H2,1-4H3;7,9,13-14,17-21,25-26H,5-6,8,10-12,15-16H2,1-4H3/b9-7-;9-7-,14-13+/t15-,16+,17+,19+,20?,21?,22+;17-,18-,19-,20-,21-/m01/s1. The van der Waals surface area contributed by atoms with Crippen LogP contribution in [0.4, 0.5) is 0 Å². The summed E-state index contributed by atoms with van der Waals surface area (Å²) in [6, 6.07) is 0. The van der Waals surface area contributed by atoms with Gasteiger partial charge < -0.3 is 34.6 Å². The molecule has 0 aromatic rings. The van der Waals surface area contributed by atoms with Gasteiger partial charge in [0.15, 0.2) is 0 Å². The van der Waals surface area contributed by atoms with Crippen LogP contribution in [0.15, 0.2) is 36.5 Å². The molecule has 2 saturated carbocycles. The Hall–Kier alpha value is -1.46. The van der Waals surface area contributed by atoms with Crippen molar-refractivity contribution in [2.75, 3.05) is 14.2 Å². The Kier molecular flexibility index (Phi) is 23.6. The van der Waals surface area contributed by atoms with E-state index in [1.807, 2.05) is 12.2 Å². The predicted octanol–water partition coefficient (Wildman–Crippen LogP) is 9.24. The molecule has 0 amide bonds. The third-order valence-electron chi connectivity index (χ3n) is 12.6. The fraction of sp³-hybridized carbons (Fsp3) is 0.826. The smallest absolute Gasteiger partial charge is 0.305 e. The van der Waals surface area contributed by atoms with Crippen molar-refractivity contribution < 1.29 is 44.2 Å². The number of hydrogen-bond acceptors (Lipinski definition) is 9. The maximum absolute atomic E-state index is 11.1. The van der Waals surface area contributed by atoms with E-state index in [2.05, 4.69) is 75.3 Å². The van der Waals surface area contributed by atoms with Gasteiger partial charge in [-0.15, -0.1) is 23.2 Å². The van der Waals surface area contributed by atoms with Crippen LogP contribution in [-0.2, 0) is 23.8 Å². The monoisotopic (exact) mass is 845 g/mol. The van der Waals surface area contributed by atoms with Gasteiger partial charge in [0.25, 0.3) is 0 Å². The van der Waals surface area contributed by atoms with Crippen LogP contribution in [-0.4, -0.2) is 94.0 Å². The van der Waals surface area contributed by atoms with Crippen molar-refractivity contribution >= 4 is 35.1 Å². The minimum absolute atomic E-state index is 0.0427. The fourth-order valence-corrected chi connectivity index (χ4v) is 9.30. The number of aliphatic hydroxyl groups is 4. The normalized spacial score (nSPS) is 30.1. The SMILES string of the molecule is CCCCC(C)(C)[C@H](O)/C=C/[C@@H]1[C@@H](C/C=C\CCCC(=O)OC)[C@H](Cl)C[C@H]1O.CCCCC(C)(C)[C@H](O)C1OC1[C@@H]1[C@@H](C/C=C\CCCC(=O)OC)[C@H](Cl)C[C@H]1O. The zero-order valence-corrected chi connectivity index (χ0v) is 37.8. The number of allylic oxidation sites excluding steroid dienone is 4. The van der Waals surface area contributed by atoms with E-state index >= 15 is 0 Å². The number of aliphatic hydroxyl groups excluding tert-OH is 4. The lowest BCUT2D eigenvalue weighted by molar-refractivity contribution is -0.141. The van der Waals surface area contributed by atoms with Crippen LogP contribution in [0.2, 0.25) is 0 Å². The van der Waals surface area contributed by atoms with Gasteiger partial charge in [0.1, 0.15) is 6.10 Å². The second kappa shape index (κ2) is 26.0. The van der Waals surface area contributed by atoms with E-state index in [4.69, 9.17) is 27.9 Å². The maximum atomic E-state index is 11.1. The maximum Gasteiger partial charge on any atom is 0.305 e. The molecule has 0 aromatic carbocycles. The summed E-state index contributed by atoms with van der Waals surface area (Å²) >= 11 is 13.0. The topological polar surface area (TPSA) is 146 Å². The number of carbonyl (C=O) groups is 2. The number of halogens is 2. The number of rotatable bonds is 24. The summed E-state index contributed by atoms with van der Waals surface area (Å²) in [4.78, 5) is 22.3. The van der Waals surface area contributed by atoms with Crippen molar-refractivity contribution in [1.29, 1.82) is 0 Å². The highest BCUT2D eigenvalue weighted by molar-refractivity contribution is 6.21. The molecule has 3 aliphatic rings. The number of alkyl halides is 2. The van der Waals surface area contributed by atoms with Gasteiger partial charge in [0.2, 0.25) is 0 Å². The van der Waals surface area contributed by atoms with Gasteiger partial charge >= 0.3 is 11.9 Å². The average molecular weight is 846 g/mol. The first kappa shape index (κ1) is 51.7. The first-order valence-electron chi connectivity index (χ1n) is 21.7. The Morgan fingerprint density at radius 3 is 1.77 bits per heavy atom. The van der Waals surface area contributed by atoms with E-state index in [0.29, 0.717) is 25.7 Å². The highest BCUT2D eigenvalue weighted by Gasteiger charge is 2.59. The Morgan fingerprint density at radius 2 is 1.25 bits per heavy atom. The molecule has 1 heterocycles. The Balaban J connectivity index is 0.000000394. The van der Waals surface area contributed by atoms with Crippen molar-refractivity contribution in [3.63, 3.8) is 0 Å². The molecule has 12 atom stereocenters. The van der Waals surface area contributed by atoms with Crippen molar-refractivity contribution in [3.05, 3.63) is 36.5 Å². The van der Waals surface area contributed by atoms with Crippen LogP contribution in [0.5, 0.6) is 0 Å². The Bertz CT molecular complexity index is 1250. The van der Waals surface area contributed by atoms with Gasteiger partial charge in [-0.3, -0.25) is 9.59 Å². The third kappa shape index (κ3) is 17.2. The van der Waals surface area contributed by atoms with Crippen LogP contribution in [0.3, 0.4) is 0 Å². The summed E-state index contributed by atoms with van der Waals surface area (Å²) < 4.78 is 15.2. The number of ether oxygens (including phenoxy) is 3. The minimum Gasteiger partial charge on any atom is -0.469 e. The predicted molar refractivity (Wildman–Crippen MR) is 230 cm³/mol. The van der Waals surface area contributed by atoms with E-state index in [0.717, 1.165) is 77.0 Å². The first-order valence-corrected chi connectivity index (χ1v) is 22.6. The molecule has 3 rings (SSSR count). The lowest BCUT2D eigenvalue weighted by Crippen LogP contribution is -2.37. The zero-order chi connectivity index (χ0) is 42.8. The number of esters is 2. The van der Waals surface area contributed by atoms with Gasteiger partial charge in [-0.1, -0.05) is 104 Å². The van der Waals surface area contributed by atoms with Crippen molar-refractivity contribution in [2.45, 2.75) is 192 Å². The van der Waals surface area contributed by atoms with Gasteiger partial charge in [-0.2, -0.15) is 0 Å². The van der Waals surface area contributed by atoms with Gasteiger partial charge in [-0.05, 0) is 86.9 Å². The summed E-state index contributed by atoms with van der Waals surface area (Å²) in [6.07, 6.45) is 22.8. The zero-order valence-electron chi connectivity index (χ0n) is 36.3. The highest BCUT2D eigenvalue weighted by Crippen LogP contribution is 2.50. The third-order valence-corrected chi connectivity index (χ3v) is 13.6. The molecular formula is C46H78Cl2O9. The molecular weight excluding hydrogens is 767 g/mol. The van der Waals surface area contributed by atoms with Crippen LogP contribution < -0.4 is 0 Å². The molecule has 0 radical (unpaired) electrons. The van der Waals surface area contributed by atoms with Crippen LogP contribution in [0.1, 0.15) is 144 Å². The lowest BCUT2D eigenvalue weighted by Gasteiger charge is -2.30. The molecule has 1 saturated heterocycles. The molecule has 0 spiro atoms. The quantitative estimate of drug-likeness (QED) is 0.0246. The van der Waals surface area contributed by atoms with E-state index in [-0.39, 0.29) is 69.4 Å². The molecule has 9 nitrogen and oxygen atoms in total. The number of carbonyl (C=O) groups excluding carboxylic acids is 2. The molecule has 11 heteroatoms. The van der Waals surface area contributed by atoms with E-state index < -0.39 is 24.4 Å². The molecule has 0 aromatic heterocycles. The molecule has 57 heavy (non-hydrogen) atoms. The molecule has 2 aliphatic carbocycles. The van der Waals surface area contributed by atoms with Crippen molar-refractivity contribution in [3.8, 4) is 0 Å². The summed E-state index contributed by atoms with van der Waals surface area (Å²) in [6.45, 7) is 12.7. The Labute approximate surface area is 355 Å². The molecule has 4 N–H and O–H groups in total. The van der Waals surface area contributed by atoms with Crippen LogP contribution in [0.25, 0.3) is 0 Å². The molecule has 2 unspecified atom stereocenters. The average Bonchev–Trinajstić information content (AvgIpc) is 3.83. The highest BCUT2D eigenvalue weighted by atomic mass is 35.5. The summed E-state index contributed by atoms with van der Waals surface area (Å²) in [5.41, 5.74) is -0.375. The summed E-state index contributed by atoms with van der Waals surface area (Å²) in [7, 11) is 2.80. The van der Waals surface area contributed by atoms with Gasteiger partial charge in [-0.25, -0.2) is 0 Å². The van der Waals surface area contributed by atoms with E-state index in [1.54, 1.807) is 0 Å². The van der Waals surface area contributed by atoms with E-state index in [9.17, 15) is 30.0 Å². The van der Waals surface area contributed by atoms with Crippen molar-refractivity contribution in [1.82, 2.24) is 0 Å². The molecule has 0 bridgehead atoms. The largest absolute Gasteiger partial charge is 0.469 e. The Morgan fingerprint density at radius 1 is 0.754 bits per heavy atom. The van der Waals surface area contributed by atoms with Crippen molar-refractivity contribution in [2.24, 2.45) is 34.5 Å². The number of unbranched alkanes of at least 4 members (excludes halogenated alkanes) is 4. The second-order valence-electron chi connectivity index (χ2n) is 18.0. The number of hydrogen-bond donors (Lipinski definition) is 4. The number of methoxy groups -OCH3 is 2. The molecule has 1 aliphatic heterocycles. The summed E-state index contributed by atoms with van der Waals surface area (Å²) in [5, 5.41) is 42.3. The van der Waals surface area contributed by atoms with Crippen LogP contribution in [0, 0.1) is 34.5 Å². The summed E-state index contributed by atoms with van der Waals surface area (Å²) in [5.74, 6) is -0.174. The first-order chi connectivity index (χ1) is 26.9. The fourth-order valence-electron chi connectivity index (χ4n) is 8.40. The van der Waals surface area contributed by atoms with Crippen LogP contribution >= 0.6 is 23.2 Å².